The number of aromatic nitrogens is 2. The Balaban J connectivity index is 2.15. The van der Waals surface area contributed by atoms with Crippen LogP contribution in [0.4, 0.5) is 0 Å². The maximum atomic E-state index is 13.0. The number of rotatable bonds is 4. The number of aryl methyl sites for hydroxylation is 1. The Morgan fingerprint density at radius 1 is 1.00 bits per heavy atom. The highest BCUT2D eigenvalue weighted by Crippen LogP contribution is 2.38. The van der Waals surface area contributed by atoms with Crippen molar-refractivity contribution in [2.75, 3.05) is 6.61 Å². The molecule has 4 rings (SSSR count). The van der Waals surface area contributed by atoms with E-state index in [0.29, 0.717) is 22.7 Å². The first kappa shape index (κ1) is 17.0. The molecule has 0 atom stereocenters. The molecule has 2 heterocycles. The van der Waals surface area contributed by atoms with Crippen molar-refractivity contribution in [2.24, 2.45) is 0 Å². The number of nitrogens with zero attached hydrogens (tertiary/aromatic N) is 2. The van der Waals surface area contributed by atoms with Crippen molar-refractivity contribution in [3.8, 4) is 22.4 Å². The highest BCUT2D eigenvalue weighted by Gasteiger charge is 2.27. The summed E-state index contributed by atoms with van der Waals surface area (Å²) in [7, 11) is 0. The van der Waals surface area contributed by atoms with Gasteiger partial charge in [-0.1, -0.05) is 65.8 Å². The molecule has 0 N–H and O–H groups in total. The van der Waals surface area contributed by atoms with Crippen molar-refractivity contribution in [3.63, 3.8) is 0 Å². The Hall–Kier alpha value is -3.47. The molecule has 0 amide bonds. The van der Waals surface area contributed by atoms with Crippen LogP contribution in [0, 0.1) is 6.92 Å². The fourth-order valence-corrected chi connectivity index (χ4v) is 3.22. The zero-order valence-corrected chi connectivity index (χ0v) is 15.1. The number of carbonyl (C=O) groups is 1. The molecule has 0 saturated carbocycles. The minimum Gasteiger partial charge on any atom is -0.462 e. The van der Waals surface area contributed by atoms with Crippen LogP contribution in [0.25, 0.3) is 33.5 Å². The Morgan fingerprint density at radius 2 is 1.63 bits per heavy atom. The third-order valence-electron chi connectivity index (χ3n) is 4.38. The zero-order chi connectivity index (χ0) is 18.8. The second-order valence-corrected chi connectivity index (χ2v) is 6.11. The number of ether oxygens (including phenoxy) is 1. The largest absolute Gasteiger partial charge is 0.462 e. The molecule has 0 saturated heterocycles. The smallest absolute Gasteiger partial charge is 0.341 e. The van der Waals surface area contributed by atoms with E-state index >= 15 is 0 Å². The van der Waals surface area contributed by atoms with Crippen LogP contribution in [0.5, 0.6) is 0 Å². The summed E-state index contributed by atoms with van der Waals surface area (Å²) in [5.74, 6) is -0.412. The standard InChI is InChI=1S/C22H18N2O3/c1-3-26-22(25)19-18(15-10-6-4-7-11-15)17-14(2)24-27-21(17)23-20(19)16-12-8-5-9-13-16/h4-13H,3H2,1-2H3. The van der Waals surface area contributed by atoms with Crippen LogP contribution >= 0.6 is 0 Å². The van der Waals surface area contributed by atoms with E-state index in [2.05, 4.69) is 10.1 Å². The molecule has 27 heavy (non-hydrogen) atoms. The van der Waals surface area contributed by atoms with Crippen molar-refractivity contribution < 1.29 is 14.1 Å². The lowest BCUT2D eigenvalue weighted by Crippen LogP contribution is -2.10. The Kier molecular flexibility index (Phi) is 4.42. The lowest BCUT2D eigenvalue weighted by molar-refractivity contribution is 0.0528. The van der Waals surface area contributed by atoms with Gasteiger partial charge in [-0.3, -0.25) is 0 Å². The summed E-state index contributed by atoms with van der Waals surface area (Å²) in [5, 5.41) is 4.80. The van der Waals surface area contributed by atoms with E-state index in [4.69, 9.17) is 9.26 Å². The molecule has 0 bridgehead atoms. The number of benzene rings is 2. The van der Waals surface area contributed by atoms with Crippen LogP contribution < -0.4 is 0 Å². The Bertz CT molecular complexity index is 1100. The summed E-state index contributed by atoms with van der Waals surface area (Å²) >= 11 is 0. The summed E-state index contributed by atoms with van der Waals surface area (Å²) in [6, 6.07) is 19.3. The fourth-order valence-electron chi connectivity index (χ4n) is 3.22. The zero-order valence-electron chi connectivity index (χ0n) is 15.1. The first-order chi connectivity index (χ1) is 13.2. The number of carbonyl (C=O) groups excluding carboxylic acids is 1. The van der Waals surface area contributed by atoms with E-state index in [1.807, 2.05) is 67.6 Å². The predicted octanol–water partition coefficient (Wildman–Crippen LogP) is 5.04. The summed E-state index contributed by atoms with van der Waals surface area (Å²) in [6.45, 7) is 3.91. The fraction of sp³-hybridized carbons (Fsp3) is 0.136. The molecule has 0 aliphatic heterocycles. The number of pyridine rings is 1. The van der Waals surface area contributed by atoms with E-state index in [0.717, 1.165) is 22.1 Å². The molecular weight excluding hydrogens is 340 g/mol. The first-order valence-corrected chi connectivity index (χ1v) is 8.78. The van der Waals surface area contributed by atoms with Crippen LogP contribution in [0.2, 0.25) is 0 Å². The van der Waals surface area contributed by atoms with Gasteiger partial charge in [-0.25, -0.2) is 9.78 Å². The normalized spacial score (nSPS) is 10.9. The summed E-state index contributed by atoms with van der Waals surface area (Å²) in [4.78, 5) is 17.6. The number of esters is 1. The predicted molar refractivity (Wildman–Crippen MR) is 103 cm³/mol. The SMILES string of the molecule is CCOC(=O)c1c(-c2ccccc2)nc2onc(C)c2c1-c1ccccc1. The molecule has 0 spiro atoms. The maximum absolute atomic E-state index is 13.0. The average molecular weight is 358 g/mol. The van der Waals surface area contributed by atoms with Gasteiger partial charge in [-0.2, -0.15) is 0 Å². The van der Waals surface area contributed by atoms with Crippen molar-refractivity contribution in [2.45, 2.75) is 13.8 Å². The van der Waals surface area contributed by atoms with Crippen LogP contribution in [0.3, 0.4) is 0 Å². The van der Waals surface area contributed by atoms with E-state index in [1.54, 1.807) is 6.92 Å². The summed E-state index contributed by atoms with van der Waals surface area (Å²) in [5.41, 5.74) is 4.46. The van der Waals surface area contributed by atoms with Gasteiger partial charge in [0.2, 0.25) is 0 Å². The molecular formula is C22H18N2O3. The molecule has 0 unspecified atom stereocenters. The monoisotopic (exact) mass is 358 g/mol. The van der Waals surface area contributed by atoms with Gasteiger partial charge in [-0.15, -0.1) is 0 Å². The molecule has 4 aromatic rings. The molecule has 2 aromatic heterocycles. The van der Waals surface area contributed by atoms with Gasteiger partial charge in [0.05, 0.1) is 28.9 Å². The lowest BCUT2D eigenvalue weighted by atomic mass is 9.93. The third kappa shape index (κ3) is 2.97. The minimum absolute atomic E-state index is 0.280. The van der Waals surface area contributed by atoms with Crippen molar-refractivity contribution in [1.29, 1.82) is 0 Å². The highest BCUT2D eigenvalue weighted by molar-refractivity contribution is 6.11. The number of fused-ring (bicyclic) bond motifs is 1. The van der Waals surface area contributed by atoms with Gasteiger partial charge >= 0.3 is 5.97 Å². The maximum Gasteiger partial charge on any atom is 0.341 e. The molecule has 5 nitrogen and oxygen atoms in total. The van der Waals surface area contributed by atoms with Crippen LogP contribution in [0.15, 0.2) is 65.2 Å². The van der Waals surface area contributed by atoms with E-state index in [9.17, 15) is 4.79 Å². The van der Waals surface area contributed by atoms with Crippen LogP contribution in [-0.4, -0.2) is 22.7 Å². The third-order valence-corrected chi connectivity index (χ3v) is 4.38. The molecule has 0 radical (unpaired) electrons. The Morgan fingerprint density at radius 3 is 2.26 bits per heavy atom. The van der Waals surface area contributed by atoms with Gasteiger partial charge in [-0.05, 0) is 19.4 Å². The van der Waals surface area contributed by atoms with Crippen molar-refractivity contribution >= 4 is 17.1 Å². The van der Waals surface area contributed by atoms with Gasteiger partial charge in [0.15, 0.2) is 0 Å². The molecule has 0 aliphatic rings. The van der Waals surface area contributed by atoms with Crippen LogP contribution in [0.1, 0.15) is 23.0 Å². The molecule has 134 valence electrons. The molecule has 0 fully saturated rings. The van der Waals surface area contributed by atoms with Crippen LogP contribution in [-0.2, 0) is 4.74 Å². The number of hydrogen-bond acceptors (Lipinski definition) is 5. The molecule has 0 aliphatic carbocycles. The average Bonchev–Trinajstić information content (AvgIpc) is 3.09. The highest BCUT2D eigenvalue weighted by atomic mass is 16.5. The van der Waals surface area contributed by atoms with Gasteiger partial charge in [0.1, 0.15) is 0 Å². The van der Waals surface area contributed by atoms with Crippen molar-refractivity contribution in [3.05, 3.63) is 71.9 Å². The van der Waals surface area contributed by atoms with Gasteiger partial charge in [0, 0.05) is 11.1 Å². The minimum atomic E-state index is -0.412. The van der Waals surface area contributed by atoms with Crippen molar-refractivity contribution in [1.82, 2.24) is 10.1 Å². The first-order valence-electron chi connectivity index (χ1n) is 8.78. The van der Waals surface area contributed by atoms with Gasteiger partial charge < -0.3 is 9.26 Å². The summed E-state index contributed by atoms with van der Waals surface area (Å²) in [6.07, 6.45) is 0. The second kappa shape index (κ2) is 7.03. The Labute approximate surface area is 156 Å². The quantitative estimate of drug-likeness (QED) is 0.478. The summed E-state index contributed by atoms with van der Waals surface area (Å²) < 4.78 is 10.8. The molecule has 2 aromatic carbocycles. The van der Waals surface area contributed by atoms with Gasteiger partial charge in [0.25, 0.3) is 5.71 Å². The molecule has 5 heteroatoms. The van der Waals surface area contributed by atoms with E-state index < -0.39 is 5.97 Å². The second-order valence-electron chi connectivity index (χ2n) is 6.11. The van der Waals surface area contributed by atoms with E-state index in [-0.39, 0.29) is 6.61 Å². The number of hydrogen-bond donors (Lipinski definition) is 0. The topological polar surface area (TPSA) is 65.2 Å². The van der Waals surface area contributed by atoms with E-state index in [1.165, 1.54) is 0 Å². The lowest BCUT2D eigenvalue weighted by Gasteiger charge is -2.14.